The van der Waals surface area contributed by atoms with Crippen LogP contribution >= 0.6 is 0 Å². The van der Waals surface area contributed by atoms with Crippen LogP contribution in [0.4, 0.5) is 4.79 Å². The largest absolute Gasteiger partial charge is 0.480 e. The van der Waals surface area contributed by atoms with Crippen LogP contribution < -0.4 is 5.32 Å². The first-order chi connectivity index (χ1) is 8.58. The van der Waals surface area contributed by atoms with Crippen molar-refractivity contribution in [2.75, 3.05) is 18.6 Å². The number of hydrogen-bond acceptors (Lipinski definition) is 4. The lowest BCUT2D eigenvalue weighted by Gasteiger charge is -2.27. The van der Waals surface area contributed by atoms with Gasteiger partial charge in [-0.25, -0.2) is 18.0 Å². The Balaban J connectivity index is 4.67. The van der Waals surface area contributed by atoms with Gasteiger partial charge in [-0.3, -0.25) is 0 Å². The molecule has 0 radical (unpaired) electrons. The Morgan fingerprint density at radius 1 is 1.32 bits per heavy atom. The highest BCUT2D eigenvalue weighted by Crippen LogP contribution is 2.02. The second-order valence-corrected chi connectivity index (χ2v) is 6.90. The molecule has 0 aromatic carbocycles. The zero-order valence-corrected chi connectivity index (χ0v) is 12.5. The van der Waals surface area contributed by atoms with Crippen molar-refractivity contribution >= 4 is 21.8 Å². The summed E-state index contributed by atoms with van der Waals surface area (Å²) in [4.78, 5) is 24.3. The molecule has 0 aromatic heterocycles. The van der Waals surface area contributed by atoms with Crippen molar-refractivity contribution in [2.45, 2.75) is 39.3 Å². The van der Waals surface area contributed by atoms with E-state index in [2.05, 4.69) is 5.32 Å². The Labute approximate surface area is 113 Å². The number of nitrogens with zero attached hydrogens (tertiary/aromatic N) is 1. The molecule has 0 saturated heterocycles. The van der Waals surface area contributed by atoms with E-state index in [0.29, 0.717) is 6.54 Å². The lowest BCUT2D eigenvalue weighted by Crippen LogP contribution is -2.50. The summed E-state index contributed by atoms with van der Waals surface area (Å²) in [5.41, 5.74) is 0. The number of amides is 2. The fraction of sp³-hybridized carbons (Fsp3) is 0.818. The fourth-order valence-corrected chi connectivity index (χ4v) is 2.23. The monoisotopic (exact) mass is 294 g/mol. The van der Waals surface area contributed by atoms with Crippen molar-refractivity contribution in [2.24, 2.45) is 0 Å². The average molecular weight is 294 g/mol. The molecule has 0 bridgehead atoms. The van der Waals surface area contributed by atoms with E-state index in [9.17, 15) is 18.0 Å². The van der Waals surface area contributed by atoms with Gasteiger partial charge in [-0.05, 0) is 27.2 Å². The van der Waals surface area contributed by atoms with Crippen LogP contribution in [0.1, 0.15) is 27.2 Å². The van der Waals surface area contributed by atoms with Crippen molar-refractivity contribution < 1.29 is 23.1 Å². The van der Waals surface area contributed by atoms with Crippen molar-refractivity contribution in [3.63, 3.8) is 0 Å². The summed E-state index contributed by atoms with van der Waals surface area (Å²) in [6.07, 6.45) is 0.885. The number of hydrogen-bond donors (Lipinski definition) is 2. The van der Waals surface area contributed by atoms with Gasteiger partial charge in [0.05, 0.1) is 5.75 Å². The Morgan fingerprint density at radius 2 is 1.84 bits per heavy atom. The third-order valence-corrected chi connectivity index (χ3v) is 3.58. The second-order valence-electron chi connectivity index (χ2n) is 4.64. The standard InChI is InChI=1S/C11H22N2O5S/c1-5-13(8(2)3)11(16)12-9(10(14)15)6-7-19(4,17)18/h8-9H,5-7H2,1-4H3,(H,12,16)(H,14,15). The molecule has 112 valence electrons. The van der Waals surface area contributed by atoms with Crippen molar-refractivity contribution in [1.29, 1.82) is 0 Å². The second kappa shape index (κ2) is 7.32. The maximum absolute atomic E-state index is 11.9. The van der Waals surface area contributed by atoms with Gasteiger partial charge >= 0.3 is 12.0 Å². The molecule has 0 aliphatic heterocycles. The van der Waals surface area contributed by atoms with Crippen LogP contribution in [0, 0.1) is 0 Å². The van der Waals surface area contributed by atoms with E-state index in [1.165, 1.54) is 4.90 Å². The summed E-state index contributed by atoms with van der Waals surface area (Å²) < 4.78 is 22.1. The molecule has 0 heterocycles. The average Bonchev–Trinajstić information content (AvgIpc) is 2.22. The smallest absolute Gasteiger partial charge is 0.326 e. The molecule has 0 aromatic rings. The first-order valence-corrected chi connectivity index (χ1v) is 8.12. The number of carbonyl (C=O) groups is 2. The number of carboxylic acids is 1. The maximum atomic E-state index is 11.9. The number of nitrogens with one attached hydrogen (secondary N) is 1. The molecule has 7 nitrogen and oxygen atoms in total. The summed E-state index contributed by atoms with van der Waals surface area (Å²) in [6.45, 7) is 5.86. The van der Waals surface area contributed by atoms with E-state index in [4.69, 9.17) is 5.11 Å². The number of rotatable bonds is 7. The van der Waals surface area contributed by atoms with E-state index in [0.717, 1.165) is 6.26 Å². The lowest BCUT2D eigenvalue weighted by atomic mass is 10.2. The molecule has 2 amide bonds. The summed E-state index contributed by atoms with van der Waals surface area (Å²) >= 11 is 0. The molecule has 0 aliphatic carbocycles. The predicted octanol–water partition coefficient (Wildman–Crippen LogP) is 0.314. The van der Waals surface area contributed by atoms with E-state index in [1.54, 1.807) is 6.92 Å². The van der Waals surface area contributed by atoms with E-state index in [-0.39, 0.29) is 18.2 Å². The molecule has 19 heavy (non-hydrogen) atoms. The minimum atomic E-state index is -3.26. The van der Waals surface area contributed by atoms with Gasteiger partial charge in [0.2, 0.25) is 0 Å². The minimum Gasteiger partial charge on any atom is -0.480 e. The van der Waals surface area contributed by atoms with Gasteiger partial charge < -0.3 is 15.3 Å². The molecule has 0 saturated carbocycles. The number of carboxylic acid groups (broad SMARTS) is 1. The predicted molar refractivity (Wildman–Crippen MR) is 71.8 cm³/mol. The SMILES string of the molecule is CCN(C(=O)NC(CCS(C)(=O)=O)C(=O)O)C(C)C. The topological polar surface area (TPSA) is 104 Å². The Kier molecular flexibility index (Phi) is 6.82. The van der Waals surface area contributed by atoms with Crippen LogP contribution in [0.3, 0.4) is 0 Å². The minimum absolute atomic E-state index is 0.0608. The van der Waals surface area contributed by atoms with Crippen LogP contribution in [0.25, 0.3) is 0 Å². The molecule has 1 atom stereocenters. The Bertz CT molecular complexity index is 419. The van der Waals surface area contributed by atoms with Crippen LogP contribution in [-0.2, 0) is 14.6 Å². The third-order valence-electron chi connectivity index (χ3n) is 2.60. The van der Waals surface area contributed by atoms with Gasteiger partial charge in [0.15, 0.2) is 0 Å². The molecule has 8 heteroatoms. The number of sulfone groups is 1. The van der Waals surface area contributed by atoms with Crippen molar-refractivity contribution in [3.8, 4) is 0 Å². The highest BCUT2D eigenvalue weighted by Gasteiger charge is 2.24. The van der Waals surface area contributed by atoms with Crippen LogP contribution in [-0.4, -0.2) is 61.1 Å². The van der Waals surface area contributed by atoms with E-state index in [1.807, 2.05) is 13.8 Å². The molecular formula is C11H22N2O5S. The molecule has 0 spiro atoms. The number of aliphatic carboxylic acids is 1. The van der Waals surface area contributed by atoms with Crippen LogP contribution in [0.2, 0.25) is 0 Å². The number of carbonyl (C=O) groups excluding carboxylic acids is 1. The van der Waals surface area contributed by atoms with Gasteiger partial charge in [-0.2, -0.15) is 0 Å². The normalized spacial score (nSPS) is 13.1. The van der Waals surface area contributed by atoms with Gasteiger partial charge in [0, 0.05) is 18.8 Å². The van der Waals surface area contributed by atoms with E-state index >= 15 is 0 Å². The molecule has 2 N–H and O–H groups in total. The molecule has 0 rings (SSSR count). The summed E-state index contributed by atoms with van der Waals surface area (Å²) in [6, 6.07) is -1.76. The highest BCUT2D eigenvalue weighted by molar-refractivity contribution is 7.90. The Hall–Kier alpha value is -1.31. The maximum Gasteiger partial charge on any atom is 0.326 e. The zero-order valence-electron chi connectivity index (χ0n) is 11.7. The van der Waals surface area contributed by atoms with Crippen LogP contribution in [0.5, 0.6) is 0 Å². The number of urea groups is 1. The molecule has 1 unspecified atom stereocenters. The van der Waals surface area contributed by atoms with Crippen molar-refractivity contribution in [1.82, 2.24) is 10.2 Å². The third kappa shape index (κ3) is 7.00. The molecule has 0 aliphatic rings. The first kappa shape index (κ1) is 17.7. The van der Waals surface area contributed by atoms with Gasteiger partial charge in [-0.15, -0.1) is 0 Å². The van der Waals surface area contributed by atoms with Gasteiger partial charge in [0.25, 0.3) is 0 Å². The first-order valence-electron chi connectivity index (χ1n) is 6.06. The molecular weight excluding hydrogens is 272 g/mol. The highest BCUT2D eigenvalue weighted by atomic mass is 32.2. The lowest BCUT2D eigenvalue weighted by molar-refractivity contribution is -0.139. The fourth-order valence-electron chi connectivity index (χ4n) is 1.56. The quantitative estimate of drug-likeness (QED) is 0.703. The zero-order chi connectivity index (χ0) is 15.2. The van der Waals surface area contributed by atoms with Crippen LogP contribution in [0.15, 0.2) is 0 Å². The summed E-state index contributed by atoms with van der Waals surface area (Å²) in [5.74, 6) is -1.52. The van der Waals surface area contributed by atoms with Gasteiger partial charge in [-0.1, -0.05) is 0 Å². The van der Waals surface area contributed by atoms with Gasteiger partial charge in [0.1, 0.15) is 15.9 Å². The summed E-state index contributed by atoms with van der Waals surface area (Å²) in [7, 11) is -3.26. The van der Waals surface area contributed by atoms with E-state index < -0.39 is 27.9 Å². The summed E-state index contributed by atoms with van der Waals surface area (Å²) in [5, 5.41) is 11.3. The Morgan fingerprint density at radius 3 is 2.16 bits per heavy atom. The molecule has 0 fully saturated rings. The van der Waals surface area contributed by atoms with Crippen molar-refractivity contribution in [3.05, 3.63) is 0 Å².